The number of likely N-dealkylation sites (N-methyl/N-ethyl adjacent to an activating group) is 1. The molecule has 2 unspecified atom stereocenters. The third-order valence-electron chi connectivity index (χ3n) is 3.87. The molecule has 23 heavy (non-hydrogen) atoms. The van der Waals surface area contributed by atoms with Gasteiger partial charge in [0.2, 0.25) is 0 Å². The van der Waals surface area contributed by atoms with Crippen molar-refractivity contribution in [1.29, 1.82) is 0 Å². The Balaban J connectivity index is 1.87. The molecule has 2 atom stereocenters. The highest BCUT2D eigenvalue weighted by atomic mass is 35.5. The zero-order valence-electron chi connectivity index (χ0n) is 12.0. The van der Waals surface area contributed by atoms with Crippen molar-refractivity contribution in [3.63, 3.8) is 0 Å². The SMILES string of the molecule is CN1c2cc(Cl)ccc2OC2(C3=NCCN3)OC(=O)C(=O)OC12. The maximum atomic E-state index is 11.8. The molecular formula is C14H12ClN3O5. The Morgan fingerprint density at radius 1 is 1.35 bits per heavy atom. The summed E-state index contributed by atoms with van der Waals surface area (Å²) in [5.74, 6) is -3.10. The van der Waals surface area contributed by atoms with Crippen LogP contribution < -0.4 is 15.0 Å². The van der Waals surface area contributed by atoms with Gasteiger partial charge >= 0.3 is 17.7 Å². The number of halogens is 1. The first kappa shape index (κ1) is 14.1. The van der Waals surface area contributed by atoms with Crippen LogP contribution in [0.15, 0.2) is 23.2 Å². The lowest BCUT2D eigenvalue weighted by Gasteiger charge is -2.48. The average molecular weight is 338 g/mol. The number of nitrogens with one attached hydrogen (secondary N) is 1. The molecule has 0 radical (unpaired) electrons. The second-order valence-electron chi connectivity index (χ2n) is 5.30. The molecule has 1 aromatic carbocycles. The van der Waals surface area contributed by atoms with E-state index in [9.17, 15) is 9.59 Å². The number of anilines is 1. The van der Waals surface area contributed by atoms with Crippen LogP contribution in [-0.2, 0) is 19.1 Å². The standard InChI is InChI=1S/C14H12ClN3O5/c1-18-8-6-7(15)2-3-9(8)22-14(12-16-4-5-17-12)13(18)21-10(19)11(20)23-14/h2-3,6,13H,4-5H2,1H3,(H,16,17). The van der Waals surface area contributed by atoms with Gasteiger partial charge in [-0.3, -0.25) is 4.99 Å². The maximum absolute atomic E-state index is 11.8. The summed E-state index contributed by atoms with van der Waals surface area (Å²) in [6, 6.07) is 4.99. The fourth-order valence-corrected chi connectivity index (χ4v) is 3.02. The lowest BCUT2D eigenvalue weighted by molar-refractivity contribution is -0.240. The Bertz CT molecular complexity index is 752. The topological polar surface area (TPSA) is 89.5 Å². The van der Waals surface area contributed by atoms with Gasteiger partial charge in [-0.05, 0) is 18.2 Å². The molecule has 0 bridgehead atoms. The second-order valence-corrected chi connectivity index (χ2v) is 5.73. The summed E-state index contributed by atoms with van der Waals surface area (Å²) in [5, 5.41) is 3.52. The Morgan fingerprint density at radius 3 is 2.91 bits per heavy atom. The predicted octanol–water partition coefficient (Wildman–Crippen LogP) is 0.293. The Labute approximate surface area is 136 Å². The minimum absolute atomic E-state index is 0.316. The van der Waals surface area contributed by atoms with E-state index in [4.69, 9.17) is 25.8 Å². The molecule has 1 N–H and O–H groups in total. The summed E-state index contributed by atoms with van der Waals surface area (Å²) in [4.78, 5) is 29.4. The van der Waals surface area contributed by atoms with E-state index in [0.29, 0.717) is 35.4 Å². The zero-order valence-corrected chi connectivity index (χ0v) is 12.8. The van der Waals surface area contributed by atoms with Gasteiger partial charge in [0.15, 0.2) is 5.84 Å². The first-order chi connectivity index (χ1) is 11.0. The number of hydrogen-bond donors (Lipinski definition) is 1. The van der Waals surface area contributed by atoms with Crippen molar-refractivity contribution in [1.82, 2.24) is 5.32 Å². The molecule has 1 fully saturated rings. The molecule has 3 aliphatic heterocycles. The van der Waals surface area contributed by atoms with Crippen LogP contribution in [-0.4, -0.2) is 49.9 Å². The largest absolute Gasteiger partial charge is 0.439 e. The third-order valence-corrected chi connectivity index (χ3v) is 4.11. The molecule has 4 rings (SSSR count). The van der Waals surface area contributed by atoms with E-state index in [2.05, 4.69) is 10.3 Å². The normalized spacial score (nSPS) is 28.7. The number of amidine groups is 1. The van der Waals surface area contributed by atoms with Crippen molar-refractivity contribution in [3.05, 3.63) is 23.2 Å². The Morgan fingerprint density at radius 2 is 2.17 bits per heavy atom. The number of fused-ring (bicyclic) bond motifs is 2. The minimum Gasteiger partial charge on any atom is -0.439 e. The van der Waals surface area contributed by atoms with E-state index in [1.165, 1.54) is 0 Å². The highest BCUT2D eigenvalue weighted by Gasteiger charge is 2.62. The summed E-state index contributed by atoms with van der Waals surface area (Å²) in [6.07, 6.45) is -1.01. The van der Waals surface area contributed by atoms with Gasteiger partial charge in [-0.15, -0.1) is 0 Å². The first-order valence-corrected chi connectivity index (χ1v) is 7.33. The molecule has 0 aliphatic carbocycles. The molecule has 0 amide bonds. The quantitative estimate of drug-likeness (QED) is 0.582. The van der Waals surface area contributed by atoms with Gasteiger partial charge in [0.05, 0.1) is 12.2 Å². The Hall–Kier alpha value is -2.48. The zero-order chi connectivity index (χ0) is 16.2. The first-order valence-electron chi connectivity index (χ1n) is 6.95. The Kier molecular flexibility index (Phi) is 2.92. The van der Waals surface area contributed by atoms with Gasteiger partial charge in [0.1, 0.15) is 5.75 Å². The number of nitrogens with zero attached hydrogens (tertiary/aromatic N) is 2. The van der Waals surface area contributed by atoms with Gasteiger partial charge in [0.25, 0.3) is 6.23 Å². The van der Waals surface area contributed by atoms with Crippen LogP contribution in [0.4, 0.5) is 5.69 Å². The van der Waals surface area contributed by atoms with Gasteiger partial charge in [-0.2, -0.15) is 0 Å². The van der Waals surface area contributed by atoms with Crippen molar-refractivity contribution in [2.75, 3.05) is 25.0 Å². The lowest BCUT2D eigenvalue weighted by atomic mass is 10.1. The van der Waals surface area contributed by atoms with E-state index in [0.717, 1.165) is 0 Å². The summed E-state index contributed by atoms with van der Waals surface area (Å²) in [6.45, 7) is 1.09. The van der Waals surface area contributed by atoms with Crippen molar-refractivity contribution in [3.8, 4) is 5.75 Å². The number of ether oxygens (including phenoxy) is 3. The van der Waals surface area contributed by atoms with Crippen LogP contribution >= 0.6 is 11.6 Å². The van der Waals surface area contributed by atoms with Gasteiger partial charge in [-0.25, -0.2) is 9.59 Å². The summed E-state index contributed by atoms with van der Waals surface area (Å²) < 4.78 is 16.5. The minimum atomic E-state index is -1.66. The van der Waals surface area contributed by atoms with Crippen LogP contribution in [0.3, 0.4) is 0 Å². The molecule has 1 aromatic rings. The molecular weight excluding hydrogens is 326 g/mol. The van der Waals surface area contributed by atoms with Gasteiger partial charge < -0.3 is 24.4 Å². The fourth-order valence-electron chi connectivity index (χ4n) is 2.85. The van der Waals surface area contributed by atoms with E-state index in [-0.39, 0.29) is 0 Å². The molecule has 8 nitrogen and oxygen atoms in total. The van der Waals surface area contributed by atoms with Gasteiger partial charge in [-0.1, -0.05) is 11.6 Å². The van der Waals surface area contributed by atoms with Crippen molar-refractivity contribution < 1.29 is 23.8 Å². The van der Waals surface area contributed by atoms with Crippen LogP contribution in [0, 0.1) is 0 Å². The number of aliphatic imine (C=N–C) groups is 1. The van der Waals surface area contributed by atoms with E-state index < -0.39 is 24.0 Å². The fraction of sp³-hybridized carbons (Fsp3) is 0.357. The number of carbonyl (C=O) groups is 2. The number of benzene rings is 1. The number of esters is 2. The van der Waals surface area contributed by atoms with Gasteiger partial charge in [0, 0.05) is 18.6 Å². The van der Waals surface area contributed by atoms with Crippen molar-refractivity contribution in [2.24, 2.45) is 4.99 Å². The average Bonchev–Trinajstić information content (AvgIpc) is 3.06. The second kappa shape index (κ2) is 4.76. The van der Waals surface area contributed by atoms with Crippen LogP contribution in [0.2, 0.25) is 5.02 Å². The van der Waals surface area contributed by atoms with Crippen molar-refractivity contribution >= 4 is 35.1 Å². The molecule has 120 valence electrons. The van der Waals surface area contributed by atoms with Crippen molar-refractivity contribution in [2.45, 2.75) is 12.0 Å². The molecule has 1 saturated heterocycles. The highest BCUT2D eigenvalue weighted by molar-refractivity contribution is 6.31. The molecule has 3 aliphatic rings. The smallest absolute Gasteiger partial charge is 0.421 e. The van der Waals surface area contributed by atoms with E-state index in [1.54, 1.807) is 30.1 Å². The van der Waals surface area contributed by atoms with Crippen LogP contribution in [0.25, 0.3) is 0 Å². The molecule has 3 heterocycles. The highest BCUT2D eigenvalue weighted by Crippen LogP contribution is 2.44. The number of carbonyl (C=O) groups excluding carboxylic acids is 2. The summed E-state index contributed by atoms with van der Waals surface area (Å²) in [5.41, 5.74) is 0.613. The lowest BCUT2D eigenvalue weighted by Crippen LogP contribution is -2.71. The van der Waals surface area contributed by atoms with E-state index >= 15 is 0 Å². The maximum Gasteiger partial charge on any atom is 0.421 e. The molecule has 0 aromatic heterocycles. The molecule has 0 saturated carbocycles. The number of hydrogen-bond acceptors (Lipinski definition) is 8. The van der Waals surface area contributed by atoms with Crippen LogP contribution in [0.5, 0.6) is 5.75 Å². The summed E-state index contributed by atoms with van der Waals surface area (Å²) >= 11 is 6.02. The third kappa shape index (κ3) is 1.94. The van der Waals surface area contributed by atoms with Crippen LogP contribution in [0.1, 0.15) is 0 Å². The predicted molar refractivity (Wildman–Crippen MR) is 79.5 cm³/mol. The monoisotopic (exact) mass is 337 g/mol. The van der Waals surface area contributed by atoms with E-state index in [1.807, 2.05) is 0 Å². The number of rotatable bonds is 1. The molecule has 0 spiro atoms. The molecule has 9 heteroatoms. The summed E-state index contributed by atoms with van der Waals surface area (Å²) in [7, 11) is 1.69.